The van der Waals surface area contributed by atoms with E-state index in [2.05, 4.69) is 11.9 Å². The van der Waals surface area contributed by atoms with Gasteiger partial charge in [-0.2, -0.15) is 0 Å². The van der Waals surface area contributed by atoms with Crippen molar-refractivity contribution in [1.82, 2.24) is 4.98 Å². The average molecular weight is 241 g/mol. The molecule has 1 rings (SSSR count). The number of unbranched alkanes of at least 4 members (excludes halogenated alkanes) is 6. The van der Waals surface area contributed by atoms with Crippen molar-refractivity contribution in [3.05, 3.63) is 16.6 Å². The van der Waals surface area contributed by atoms with Crippen LogP contribution in [0.25, 0.3) is 0 Å². The van der Waals surface area contributed by atoms with Gasteiger partial charge in [-0.15, -0.1) is 11.3 Å². The number of rotatable bonds is 9. The molecule has 1 N–H and O–H groups in total. The largest absolute Gasteiger partial charge is 0.386 e. The van der Waals surface area contributed by atoms with Gasteiger partial charge < -0.3 is 5.11 Å². The Morgan fingerprint density at radius 3 is 2.50 bits per heavy atom. The molecule has 1 atom stereocenters. The molecule has 0 aromatic carbocycles. The van der Waals surface area contributed by atoms with Crippen LogP contribution in [0.4, 0.5) is 0 Å². The summed E-state index contributed by atoms with van der Waals surface area (Å²) in [6.07, 6.45) is 11.3. The fourth-order valence-electron chi connectivity index (χ4n) is 1.82. The number of aliphatic hydroxyl groups is 1. The van der Waals surface area contributed by atoms with Crippen LogP contribution in [0.5, 0.6) is 0 Å². The molecule has 0 amide bonds. The summed E-state index contributed by atoms with van der Waals surface area (Å²) in [4.78, 5) is 4.12. The van der Waals surface area contributed by atoms with Gasteiger partial charge in [0.2, 0.25) is 0 Å². The Morgan fingerprint density at radius 2 is 1.88 bits per heavy atom. The Balaban J connectivity index is 1.95. The van der Waals surface area contributed by atoms with Crippen molar-refractivity contribution in [2.45, 2.75) is 64.4 Å². The summed E-state index contributed by atoms with van der Waals surface area (Å²) in [6.45, 7) is 2.24. The van der Waals surface area contributed by atoms with E-state index in [9.17, 15) is 5.11 Å². The van der Waals surface area contributed by atoms with Gasteiger partial charge in [-0.25, -0.2) is 4.98 Å². The number of hydrogen-bond acceptors (Lipinski definition) is 3. The molecular weight excluding hydrogens is 218 g/mol. The first-order valence-electron chi connectivity index (χ1n) is 6.42. The molecule has 0 spiro atoms. The molecule has 3 heteroatoms. The summed E-state index contributed by atoms with van der Waals surface area (Å²) in [5.41, 5.74) is 0. The SMILES string of the molecule is CCCCCCCCC[C@H](O)c1nccs1. The molecule has 2 nitrogen and oxygen atoms in total. The Hall–Kier alpha value is -0.410. The Kier molecular flexibility index (Phi) is 7.43. The van der Waals surface area contributed by atoms with E-state index in [1.54, 1.807) is 17.5 Å². The lowest BCUT2D eigenvalue weighted by atomic mass is 10.1. The maximum atomic E-state index is 9.80. The highest BCUT2D eigenvalue weighted by Crippen LogP contribution is 2.21. The van der Waals surface area contributed by atoms with E-state index in [1.807, 2.05) is 5.38 Å². The number of aliphatic hydroxyl groups excluding tert-OH is 1. The predicted octanol–water partition coefficient (Wildman–Crippen LogP) is 4.32. The van der Waals surface area contributed by atoms with Crippen molar-refractivity contribution < 1.29 is 5.11 Å². The molecule has 92 valence electrons. The van der Waals surface area contributed by atoms with Gasteiger partial charge in [0.1, 0.15) is 11.1 Å². The highest BCUT2D eigenvalue weighted by atomic mass is 32.1. The minimum atomic E-state index is -0.337. The van der Waals surface area contributed by atoms with Crippen molar-refractivity contribution in [2.24, 2.45) is 0 Å². The van der Waals surface area contributed by atoms with Gasteiger partial charge in [-0.3, -0.25) is 0 Å². The van der Waals surface area contributed by atoms with Crippen molar-refractivity contribution in [1.29, 1.82) is 0 Å². The van der Waals surface area contributed by atoms with Gasteiger partial charge in [-0.1, -0.05) is 51.9 Å². The summed E-state index contributed by atoms with van der Waals surface area (Å²) < 4.78 is 0. The van der Waals surface area contributed by atoms with Crippen molar-refractivity contribution in [3.63, 3.8) is 0 Å². The Bertz CT molecular complexity index is 248. The third-order valence-corrected chi connectivity index (χ3v) is 3.69. The van der Waals surface area contributed by atoms with Gasteiger partial charge in [0.05, 0.1) is 0 Å². The average Bonchev–Trinajstić information content (AvgIpc) is 2.81. The second-order valence-corrected chi connectivity index (χ2v) is 5.22. The normalized spacial score (nSPS) is 12.9. The van der Waals surface area contributed by atoms with Crippen LogP contribution < -0.4 is 0 Å². The zero-order valence-corrected chi connectivity index (χ0v) is 11.0. The molecule has 0 fully saturated rings. The number of aromatic nitrogens is 1. The van der Waals surface area contributed by atoms with E-state index < -0.39 is 0 Å². The van der Waals surface area contributed by atoms with Crippen LogP contribution in [-0.2, 0) is 0 Å². The molecule has 1 heterocycles. The third kappa shape index (κ3) is 5.61. The fourth-order valence-corrected chi connectivity index (χ4v) is 2.48. The lowest BCUT2D eigenvalue weighted by Crippen LogP contribution is -1.96. The van der Waals surface area contributed by atoms with Gasteiger partial charge in [0, 0.05) is 11.6 Å². The van der Waals surface area contributed by atoms with E-state index in [4.69, 9.17) is 0 Å². The minimum absolute atomic E-state index is 0.337. The first-order valence-corrected chi connectivity index (χ1v) is 7.30. The number of nitrogens with zero attached hydrogens (tertiary/aromatic N) is 1. The van der Waals surface area contributed by atoms with Crippen LogP contribution in [0.3, 0.4) is 0 Å². The molecular formula is C13H23NOS. The zero-order valence-electron chi connectivity index (χ0n) is 10.2. The highest BCUT2D eigenvalue weighted by molar-refractivity contribution is 7.09. The van der Waals surface area contributed by atoms with Crippen molar-refractivity contribution in [2.75, 3.05) is 0 Å². The quantitative estimate of drug-likeness (QED) is 0.653. The Labute approximate surface area is 103 Å². The molecule has 0 bridgehead atoms. The van der Waals surface area contributed by atoms with E-state index in [0.717, 1.165) is 17.8 Å². The van der Waals surface area contributed by atoms with Crippen LogP contribution in [0.15, 0.2) is 11.6 Å². The minimum Gasteiger partial charge on any atom is -0.386 e. The monoisotopic (exact) mass is 241 g/mol. The van der Waals surface area contributed by atoms with Gasteiger partial charge in [0.15, 0.2) is 0 Å². The molecule has 1 aromatic heterocycles. The summed E-state index contributed by atoms with van der Waals surface area (Å²) >= 11 is 1.54. The topological polar surface area (TPSA) is 33.1 Å². The second-order valence-electron chi connectivity index (χ2n) is 4.30. The van der Waals surface area contributed by atoms with Gasteiger partial charge in [0.25, 0.3) is 0 Å². The second kappa shape index (κ2) is 8.71. The lowest BCUT2D eigenvalue weighted by molar-refractivity contribution is 0.163. The summed E-state index contributed by atoms with van der Waals surface area (Å²) in [5.74, 6) is 0. The van der Waals surface area contributed by atoms with Crippen molar-refractivity contribution >= 4 is 11.3 Å². The van der Waals surface area contributed by atoms with Crippen LogP contribution in [-0.4, -0.2) is 10.1 Å². The van der Waals surface area contributed by atoms with Crippen LogP contribution in [0.2, 0.25) is 0 Å². The lowest BCUT2D eigenvalue weighted by Gasteiger charge is -2.06. The molecule has 0 aliphatic heterocycles. The van der Waals surface area contributed by atoms with Gasteiger partial charge in [-0.05, 0) is 6.42 Å². The first kappa shape index (κ1) is 13.7. The molecule has 16 heavy (non-hydrogen) atoms. The molecule has 0 saturated heterocycles. The number of hydrogen-bond donors (Lipinski definition) is 1. The molecule has 0 radical (unpaired) electrons. The smallest absolute Gasteiger partial charge is 0.121 e. The fraction of sp³-hybridized carbons (Fsp3) is 0.769. The zero-order chi connectivity index (χ0) is 11.6. The van der Waals surface area contributed by atoms with E-state index >= 15 is 0 Å². The van der Waals surface area contributed by atoms with E-state index in [-0.39, 0.29) is 6.10 Å². The van der Waals surface area contributed by atoms with Gasteiger partial charge >= 0.3 is 0 Å². The first-order chi connectivity index (χ1) is 7.84. The summed E-state index contributed by atoms with van der Waals surface area (Å²) in [7, 11) is 0. The summed E-state index contributed by atoms with van der Waals surface area (Å²) in [5, 5.41) is 12.6. The molecule has 0 aliphatic rings. The Morgan fingerprint density at radius 1 is 1.19 bits per heavy atom. The van der Waals surface area contributed by atoms with Crippen molar-refractivity contribution in [3.8, 4) is 0 Å². The molecule has 1 aromatic rings. The maximum Gasteiger partial charge on any atom is 0.121 e. The molecule has 0 aliphatic carbocycles. The van der Waals surface area contributed by atoms with Crippen LogP contribution >= 0.6 is 11.3 Å². The van der Waals surface area contributed by atoms with Crippen LogP contribution in [0, 0.1) is 0 Å². The number of thiazole rings is 1. The third-order valence-electron chi connectivity index (χ3n) is 2.82. The van der Waals surface area contributed by atoms with E-state index in [1.165, 1.54) is 38.5 Å². The standard InChI is InChI=1S/C13H23NOS/c1-2-3-4-5-6-7-8-9-12(15)13-14-10-11-16-13/h10-12,15H,2-9H2,1H3/t12-/m0/s1. The molecule has 0 unspecified atom stereocenters. The highest BCUT2D eigenvalue weighted by Gasteiger charge is 2.08. The predicted molar refractivity (Wildman–Crippen MR) is 69.7 cm³/mol. The maximum absolute atomic E-state index is 9.80. The molecule has 0 saturated carbocycles. The van der Waals surface area contributed by atoms with E-state index in [0.29, 0.717) is 0 Å². The summed E-state index contributed by atoms with van der Waals surface area (Å²) in [6, 6.07) is 0. The van der Waals surface area contributed by atoms with Crippen LogP contribution in [0.1, 0.15) is 69.4 Å².